The number of amides is 1. The molecule has 1 amide bonds. The van der Waals surface area contributed by atoms with Gasteiger partial charge >= 0.3 is 0 Å². The molecule has 2 aliphatic heterocycles. The van der Waals surface area contributed by atoms with Gasteiger partial charge in [-0.25, -0.2) is 9.97 Å². The Morgan fingerprint density at radius 1 is 1.29 bits per heavy atom. The van der Waals surface area contributed by atoms with E-state index in [0.717, 1.165) is 23.1 Å². The van der Waals surface area contributed by atoms with Gasteiger partial charge in [-0.3, -0.25) is 9.78 Å². The van der Waals surface area contributed by atoms with E-state index >= 15 is 0 Å². The van der Waals surface area contributed by atoms with Crippen LogP contribution < -0.4 is 4.90 Å². The van der Waals surface area contributed by atoms with E-state index in [1.165, 1.54) is 11.3 Å². The average molecular weight is 301 g/mol. The van der Waals surface area contributed by atoms with Gasteiger partial charge in [0.2, 0.25) is 0 Å². The number of fused-ring (bicyclic) bond motifs is 2. The highest BCUT2D eigenvalue weighted by atomic mass is 32.1. The zero-order chi connectivity index (χ0) is 14.6. The van der Waals surface area contributed by atoms with Gasteiger partial charge in [0.25, 0.3) is 5.91 Å². The summed E-state index contributed by atoms with van der Waals surface area (Å²) in [6, 6.07) is 0. The van der Waals surface area contributed by atoms with E-state index in [2.05, 4.69) is 19.9 Å². The molecule has 108 valence electrons. The fourth-order valence-electron chi connectivity index (χ4n) is 3.29. The van der Waals surface area contributed by atoms with Gasteiger partial charge in [-0.1, -0.05) is 0 Å². The molecule has 0 saturated carbocycles. The van der Waals surface area contributed by atoms with Gasteiger partial charge in [-0.2, -0.15) is 0 Å². The minimum absolute atomic E-state index is 0.0185. The molecule has 1 fully saturated rings. The highest BCUT2D eigenvalue weighted by molar-refractivity contribution is 7.09. The average Bonchev–Trinajstić information content (AvgIpc) is 2.99. The van der Waals surface area contributed by atoms with Gasteiger partial charge in [0.15, 0.2) is 5.82 Å². The molecule has 7 heteroatoms. The summed E-state index contributed by atoms with van der Waals surface area (Å²) >= 11 is 1.51. The van der Waals surface area contributed by atoms with Gasteiger partial charge in [0.1, 0.15) is 5.69 Å². The van der Waals surface area contributed by atoms with Crippen molar-refractivity contribution in [1.29, 1.82) is 0 Å². The summed E-state index contributed by atoms with van der Waals surface area (Å²) in [4.78, 5) is 29.5. The van der Waals surface area contributed by atoms with Crippen LogP contribution in [0.4, 0.5) is 5.82 Å². The first-order valence-corrected chi connectivity index (χ1v) is 7.71. The number of hydrogen-bond acceptors (Lipinski definition) is 6. The molecule has 0 radical (unpaired) electrons. The maximum absolute atomic E-state index is 12.4. The standard InChI is InChI=1S/C14H15N5OS/c1-9-17-10(5-21-9)13(20)19-7-14(8-19)6-18(2)12-11(14)15-3-4-16-12/h3-5H,6-8H2,1-2H3. The maximum atomic E-state index is 12.4. The van der Waals surface area contributed by atoms with E-state index in [1.54, 1.807) is 12.4 Å². The second-order valence-corrected chi connectivity index (χ2v) is 6.84. The normalized spacial score (nSPS) is 18.8. The first-order chi connectivity index (χ1) is 10.1. The second-order valence-electron chi connectivity index (χ2n) is 5.78. The summed E-state index contributed by atoms with van der Waals surface area (Å²) in [5, 5.41) is 2.75. The topological polar surface area (TPSA) is 62.2 Å². The molecule has 1 saturated heterocycles. The van der Waals surface area contributed by atoms with Crippen molar-refractivity contribution in [2.45, 2.75) is 12.3 Å². The summed E-state index contributed by atoms with van der Waals surface area (Å²) in [6.07, 6.45) is 3.45. The molecular weight excluding hydrogens is 286 g/mol. The van der Waals surface area contributed by atoms with Crippen LogP contribution in [0.25, 0.3) is 0 Å². The van der Waals surface area contributed by atoms with Crippen LogP contribution in [-0.2, 0) is 5.41 Å². The summed E-state index contributed by atoms with van der Waals surface area (Å²) in [5.74, 6) is 0.957. The van der Waals surface area contributed by atoms with Crippen LogP contribution in [0, 0.1) is 6.92 Å². The SMILES string of the molecule is Cc1nc(C(=O)N2CC3(C2)CN(C)c2nccnc23)cs1. The molecule has 0 aromatic carbocycles. The number of carbonyl (C=O) groups excluding carboxylic acids is 1. The number of aryl methyl sites for hydroxylation is 1. The van der Waals surface area contributed by atoms with Crippen LogP contribution in [0.3, 0.4) is 0 Å². The lowest BCUT2D eigenvalue weighted by molar-refractivity contribution is 0.0414. The molecule has 0 bridgehead atoms. The second kappa shape index (κ2) is 4.24. The van der Waals surface area contributed by atoms with Crippen molar-refractivity contribution < 1.29 is 4.79 Å². The van der Waals surface area contributed by atoms with Gasteiger partial charge in [0, 0.05) is 44.5 Å². The fraction of sp³-hybridized carbons (Fsp3) is 0.429. The molecule has 1 spiro atoms. The molecule has 0 atom stereocenters. The van der Waals surface area contributed by atoms with Gasteiger partial charge in [-0.15, -0.1) is 11.3 Å². The van der Waals surface area contributed by atoms with Crippen molar-refractivity contribution in [2.75, 3.05) is 31.6 Å². The third kappa shape index (κ3) is 1.77. The van der Waals surface area contributed by atoms with Gasteiger partial charge in [0.05, 0.1) is 16.1 Å². The lowest BCUT2D eigenvalue weighted by atomic mass is 9.78. The fourth-order valence-corrected chi connectivity index (χ4v) is 3.88. The van der Waals surface area contributed by atoms with Crippen molar-refractivity contribution in [3.05, 3.63) is 34.2 Å². The Bertz CT molecular complexity index is 722. The predicted octanol–water partition coefficient (Wildman–Crippen LogP) is 1.09. The molecule has 0 unspecified atom stereocenters. The largest absolute Gasteiger partial charge is 0.357 e. The first-order valence-electron chi connectivity index (χ1n) is 6.83. The highest BCUT2D eigenvalue weighted by Crippen LogP contribution is 2.43. The predicted molar refractivity (Wildman–Crippen MR) is 79.7 cm³/mol. The Morgan fingerprint density at radius 2 is 2.05 bits per heavy atom. The number of carbonyl (C=O) groups is 1. The smallest absolute Gasteiger partial charge is 0.273 e. The maximum Gasteiger partial charge on any atom is 0.273 e. The van der Waals surface area contributed by atoms with Crippen LogP contribution in [0.15, 0.2) is 17.8 Å². The molecule has 2 aromatic rings. The van der Waals surface area contributed by atoms with Crippen LogP contribution in [-0.4, -0.2) is 52.4 Å². The van der Waals surface area contributed by atoms with E-state index in [1.807, 2.05) is 24.3 Å². The van der Waals surface area contributed by atoms with Crippen molar-refractivity contribution in [3.8, 4) is 0 Å². The zero-order valence-corrected chi connectivity index (χ0v) is 12.7. The Morgan fingerprint density at radius 3 is 2.76 bits per heavy atom. The quantitative estimate of drug-likeness (QED) is 0.789. The molecule has 6 nitrogen and oxygen atoms in total. The lowest BCUT2D eigenvalue weighted by Gasteiger charge is -2.47. The summed E-state index contributed by atoms with van der Waals surface area (Å²) in [6.45, 7) is 4.17. The number of rotatable bonds is 1. The summed E-state index contributed by atoms with van der Waals surface area (Å²) in [5.41, 5.74) is 1.52. The molecule has 4 rings (SSSR count). The van der Waals surface area contributed by atoms with Crippen molar-refractivity contribution in [2.24, 2.45) is 0 Å². The van der Waals surface area contributed by atoms with Crippen LogP contribution >= 0.6 is 11.3 Å². The van der Waals surface area contributed by atoms with E-state index < -0.39 is 0 Å². The number of likely N-dealkylation sites (N-methyl/N-ethyl adjacent to an activating group) is 1. The highest BCUT2D eigenvalue weighted by Gasteiger charge is 2.54. The molecule has 2 aliphatic rings. The molecule has 21 heavy (non-hydrogen) atoms. The molecule has 4 heterocycles. The van der Waals surface area contributed by atoms with Crippen molar-refractivity contribution >= 4 is 23.1 Å². The minimum atomic E-state index is -0.0565. The Kier molecular flexibility index (Phi) is 2.56. The number of likely N-dealkylation sites (tertiary alicyclic amines) is 1. The first kappa shape index (κ1) is 12.7. The van der Waals surface area contributed by atoms with E-state index in [-0.39, 0.29) is 11.3 Å². The van der Waals surface area contributed by atoms with Crippen LogP contribution in [0.5, 0.6) is 0 Å². The van der Waals surface area contributed by atoms with E-state index in [9.17, 15) is 4.79 Å². The molecular formula is C14H15N5OS. The van der Waals surface area contributed by atoms with E-state index in [0.29, 0.717) is 18.8 Å². The molecule has 0 N–H and O–H groups in total. The van der Waals surface area contributed by atoms with Crippen LogP contribution in [0.1, 0.15) is 21.2 Å². The van der Waals surface area contributed by atoms with Gasteiger partial charge < -0.3 is 9.80 Å². The van der Waals surface area contributed by atoms with E-state index in [4.69, 9.17) is 0 Å². The number of aromatic nitrogens is 3. The molecule has 0 aliphatic carbocycles. The number of hydrogen-bond donors (Lipinski definition) is 0. The zero-order valence-electron chi connectivity index (χ0n) is 11.9. The molecule has 2 aromatic heterocycles. The summed E-state index contributed by atoms with van der Waals surface area (Å²) in [7, 11) is 2.02. The lowest BCUT2D eigenvalue weighted by Crippen LogP contribution is -2.63. The third-order valence-corrected chi connectivity index (χ3v) is 4.97. The monoisotopic (exact) mass is 301 g/mol. The van der Waals surface area contributed by atoms with Gasteiger partial charge in [-0.05, 0) is 6.92 Å². The van der Waals surface area contributed by atoms with Crippen LogP contribution in [0.2, 0.25) is 0 Å². The minimum Gasteiger partial charge on any atom is -0.357 e. The summed E-state index contributed by atoms with van der Waals surface area (Å²) < 4.78 is 0. The number of anilines is 1. The Balaban J connectivity index is 1.56. The number of thiazole rings is 1. The van der Waals surface area contributed by atoms with Crippen molar-refractivity contribution in [1.82, 2.24) is 19.9 Å². The van der Waals surface area contributed by atoms with Crippen molar-refractivity contribution in [3.63, 3.8) is 0 Å². The number of nitrogens with zero attached hydrogens (tertiary/aromatic N) is 5. The third-order valence-electron chi connectivity index (χ3n) is 4.20. The Labute approximate surface area is 126 Å². The Hall–Kier alpha value is -2.02.